The number of nitrogens with zero attached hydrogens (tertiary/aromatic N) is 1. The Morgan fingerprint density at radius 1 is 1.33 bits per heavy atom. The second kappa shape index (κ2) is 7.71. The maximum atomic E-state index is 12.7. The summed E-state index contributed by atoms with van der Waals surface area (Å²) in [7, 11) is 0. The van der Waals surface area contributed by atoms with Crippen LogP contribution in [0.3, 0.4) is 0 Å². The summed E-state index contributed by atoms with van der Waals surface area (Å²) in [6.07, 6.45) is 6.05. The number of hydrogen-bond acceptors (Lipinski definition) is 3. The van der Waals surface area contributed by atoms with Gasteiger partial charge in [-0.25, -0.2) is 4.79 Å². The minimum absolute atomic E-state index is 0.0461. The van der Waals surface area contributed by atoms with E-state index in [4.69, 9.17) is 9.47 Å². The third kappa shape index (κ3) is 3.90. The zero-order valence-corrected chi connectivity index (χ0v) is 14.1. The van der Waals surface area contributed by atoms with Gasteiger partial charge in [-0.2, -0.15) is 0 Å². The highest BCUT2D eigenvalue weighted by molar-refractivity contribution is 5.91. The van der Waals surface area contributed by atoms with Crippen LogP contribution < -0.4 is 10.1 Å². The molecule has 0 bridgehead atoms. The first-order valence-electron chi connectivity index (χ1n) is 8.69. The molecule has 2 aliphatic heterocycles. The third-order valence-electron chi connectivity index (χ3n) is 4.99. The van der Waals surface area contributed by atoms with Gasteiger partial charge in [-0.1, -0.05) is 24.8 Å². The number of hydrogen-bond donors (Lipinski definition) is 1. The van der Waals surface area contributed by atoms with Crippen molar-refractivity contribution in [1.29, 1.82) is 0 Å². The normalized spacial score (nSPS) is 19.8. The number of benzene rings is 1. The zero-order valence-electron chi connectivity index (χ0n) is 14.1. The highest BCUT2D eigenvalue weighted by atomic mass is 16.5. The number of anilines is 1. The Morgan fingerprint density at radius 3 is 2.92 bits per heavy atom. The van der Waals surface area contributed by atoms with Crippen LogP contribution >= 0.6 is 0 Å². The molecule has 2 amide bonds. The molecule has 0 aromatic heterocycles. The standard InChI is InChI=1S/C19H26N2O3/c1-2-12-24-17-7-4-3-6-16(17)20-18(22)21-11-5-8-19(15-21)9-13-23-14-10-19/h2-4,6-7H,1,5,8-15H2,(H,20,22). The lowest BCUT2D eigenvalue weighted by molar-refractivity contribution is -0.0175. The minimum atomic E-state index is -0.0461. The molecule has 1 N–H and O–H groups in total. The van der Waals surface area contributed by atoms with Crippen molar-refractivity contribution in [2.75, 3.05) is 38.2 Å². The first kappa shape index (κ1) is 16.8. The maximum Gasteiger partial charge on any atom is 0.321 e. The number of urea groups is 1. The number of carbonyl (C=O) groups is 1. The second-order valence-electron chi connectivity index (χ2n) is 6.66. The van der Waals surface area contributed by atoms with Crippen LogP contribution in [0.5, 0.6) is 5.75 Å². The number of para-hydroxylation sites is 2. The highest BCUT2D eigenvalue weighted by Gasteiger charge is 2.38. The summed E-state index contributed by atoms with van der Waals surface area (Å²) in [5.41, 5.74) is 0.947. The molecule has 2 fully saturated rings. The highest BCUT2D eigenvalue weighted by Crippen LogP contribution is 2.39. The first-order valence-corrected chi connectivity index (χ1v) is 8.69. The van der Waals surface area contributed by atoms with E-state index in [0.717, 1.165) is 45.6 Å². The Kier molecular flexibility index (Phi) is 5.41. The van der Waals surface area contributed by atoms with Crippen LogP contribution in [0.25, 0.3) is 0 Å². The first-order chi connectivity index (χ1) is 11.7. The van der Waals surface area contributed by atoms with Crippen molar-refractivity contribution in [3.8, 4) is 5.75 Å². The number of amides is 2. The molecule has 2 saturated heterocycles. The van der Waals surface area contributed by atoms with E-state index in [1.807, 2.05) is 29.2 Å². The topological polar surface area (TPSA) is 50.8 Å². The van der Waals surface area contributed by atoms with Crippen LogP contribution in [0.15, 0.2) is 36.9 Å². The Labute approximate surface area is 143 Å². The van der Waals surface area contributed by atoms with Crippen molar-refractivity contribution < 1.29 is 14.3 Å². The van der Waals surface area contributed by atoms with Crippen molar-refractivity contribution in [3.63, 3.8) is 0 Å². The van der Waals surface area contributed by atoms with Gasteiger partial charge in [0.2, 0.25) is 0 Å². The van der Waals surface area contributed by atoms with Crippen LogP contribution in [0.2, 0.25) is 0 Å². The molecule has 1 spiro atoms. The fourth-order valence-electron chi connectivity index (χ4n) is 3.63. The molecule has 1 aromatic carbocycles. The van der Waals surface area contributed by atoms with E-state index in [0.29, 0.717) is 18.0 Å². The van der Waals surface area contributed by atoms with E-state index in [2.05, 4.69) is 11.9 Å². The van der Waals surface area contributed by atoms with Crippen LogP contribution in [0.1, 0.15) is 25.7 Å². The summed E-state index contributed by atoms with van der Waals surface area (Å²) in [4.78, 5) is 14.7. The summed E-state index contributed by atoms with van der Waals surface area (Å²) >= 11 is 0. The number of carbonyl (C=O) groups excluding carboxylic acids is 1. The van der Waals surface area contributed by atoms with Gasteiger partial charge in [0, 0.05) is 26.3 Å². The summed E-state index contributed by atoms with van der Waals surface area (Å²) in [5.74, 6) is 0.670. The van der Waals surface area contributed by atoms with E-state index >= 15 is 0 Å². The molecular formula is C19H26N2O3. The van der Waals surface area contributed by atoms with Gasteiger partial charge in [-0.15, -0.1) is 0 Å². The van der Waals surface area contributed by atoms with Crippen LogP contribution in [0, 0.1) is 5.41 Å². The van der Waals surface area contributed by atoms with Crippen LogP contribution in [-0.4, -0.2) is 43.8 Å². The monoisotopic (exact) mass is 330 g/mol. The Bertz CT molecular complexity index is 576. The van der Waals surface area contributed by atoms with Crippen LogP contribution in [-0.2, 0) is 4.74 Å². The number of rotatable bonds is 4. The summed E-state index contributed by atoms with van der Waals surface area (Å²) in [5, 5.41) is 3.01. The lowest BCUT2D eigenvalue weighted by Crippen LogP contribution is -2.49. The van der Waals surface area contributed by atoms with E-state index in [1.165, 1.54) is 6.42 Å². The molecule has 0 saturated carbocycles. The van der Waals surface area contributed by atoms with E-state index < -0.39 is 0 Å². The van der Waals surface area contributed by atoms with Gasteiger partial charge in [0.05, 0.1) is 5.69 Å². The summed E-state index contributed by atoms with van der Waals surface area (Å²) in [6, 6.07) is 7.47. The Balaban J connectivity index is 1.65. The molecule has 0 radical (unpaired) electrons. The van der Waals surface area contributed by atoms with Gasteiger partial charge in [0.25, 0.3) is 0 Å². The summed E-state index contributed by atoms with van der Waals surface area (Å²) in [6.45, 7) is 7.33. The average molecular weight is 330 g/mol. The minimum Gasteiger partial charge on any atom is -0.487 e. The number of ether oxygens (including phenoxy) is 2. The lowest BCUT2D eigenvalue weighted by atomic mass is 9.74. The van der Waals surface area contributed by atoms with Crippen molar-refractivity contribution in [2.45, 2.75) is 25.7 Å². The molecule has 0 aliphatic carbocycles. The quantitative estimate of drug-likeness (QED) is 0.857. The molecule has 5 heteroatoms. The second-order valence-corrected chi connectivity index (χ2v) is 6.66. The smallest absolute Gasteiger partial charge is 0.321 e. The van der Waals surface area contributed by atoms with E-state index in [9.17, 15) is 4.79 Å². The predicted octanol–water partition coefficient (Wildman–Crippen LogP) is 3.68. The number of likely N-dealkylation sites (tertiary alicyclic amines) is 1. The molecular weight excluding hydrogens is 304 g/mol. The Morgan fingerprint density at radius 2 is 2.12 bits per heavy atom. The molecule has 5 nitrogen and oxygen atoms in total. The van der Waals surface area contributed by atoms with Gasteiger partial charge in [0.15, 0.2) is 0 Å². The van der Waals surface area contributed by atoms with Gasteiger partial charge in [-0.3, -0.25) is 0 Å². The zero-order chi connectivity index (χ0) is 16.8. The van der Waals surface area contributed by atoms with E-state index in [1.54, 1.807) is 6.08 Å². The van der Waals surface area contributed by atoms with Gasteiger partial charge < -0.3 is 19.7 Å². The number of piperidine rings is 1. The summed E-state index contributed by atoms with van der Waals surface area (Å²) < 4.78 is 11.1. The predicted molar refractivity (Wildman–Crippen MR) is 94.4 cm³/mol. The largest absolute Gasteiger partial charge is 0.487 e. The molecule has 3 rings (SSSR count). The van der Waals surface area contributed by atoms with Crippen LogP contribution in [0.4, 0.5) is 10.5 Å². The van der Waals surface area contributed by atoms with Crippen molar-refractivity contribution in [2.24, 2.45) is 5.41 Å². The van der Waals surface area contributed by atoms with Crippen molar-refractivity contribution >= 4 is 11.7 Å². The molecule has 24 heavy (non-hydrogen) atoms. The molecule has 0 atom stereocenters. The Hall–Kier alpha value is -2.01. The molecule has 0 unspecified atom stereocenters. The van der Waals surface area contributed by atoms with Gasteiger partial charge in [0.1, 0.15) is 12.4 Å². The van der Waals surface area contributed by atoms with Crippen molar-refractivity contribution in [3.05, 3.63) is 36.9 Å². The maximum absolute atomic E-state index is 12.7. The fraction of sp³-hybridized carbons (Fsp3) is 0.526. The lowest BCUT2D eigenvalue weighted by Gasteiger charge is -2.45. The molecule has 1 aromatic rings. The fourth-order valence-corrected chi connectivity index (χ4v) is 3.63. The van der Waals surface area contributed by atoms with Gasteiger partial charge >= 0.3 is 6.03 Å². The third-order valence-corrected chi connectivity index (χ3v) is 4.99. The number of nitrogens with one attached hydrogen (secondary N) is 1. The molecule has 2 aliphatic rings. The average Bonchev–Trinajstić information content (AvgIpc) is 2.61. The van der Waals surface area contributed by atoms with Gasteiger partial charge in [-0.05, 0) is 43.2 Å². The molecule has 130 valence electrons. The molecule has 2 heterocycles. The van der Waals surface area contributed by atoms with E-state index in [-0.39, 0.29) is 11.4 Å². The SMILES string of the molecule is C=CCOc1ccccc1NC(=O)N1CCCC2(CCOCC2)C1. The van der Waals surface area contributed by atoms with Crippen molar-refractivity contribution in [1.82, 2.24) is 4.90 Å².